The first-order valence-corrected chi connectivity index (χ1v) is 9.79. The number of amides is 1. The molecule has 1 heterocycles. The Labute approximate surface area is 170 Å². The smallest absolute Gasteiger partial charge is 0.225 e. The van der Waals surface area contributed by atoms with Crippen LogP contribution in [-0.2, 0) is 4.79 Å². The minimum absolute atomic E-state index is 0.0693. The molecule has 0 atom stereocenters. The number of benzene rings is 2. The number of nitrogens with one attached hydrogen (secondary N) is 1. The van der Waals surface area contributed by atoms with Gasteiger partial charge in [0.05, 0.1) is 12.8 Å². The molecule has 1 aliphatic rings. The van der Waals surface area contributed by atoms with Crippen molar-refractivity contribution in [2.24, 2.45) is 0 Å². The summed E-state index contributed by atoms with van der Waals surface area (Å²) in [5, 5.41) is 3.42. The van der Waals surface area contributed by atoms with Gasteiger partial charge in [0.15, 0.2) is 0 Å². The number of nitrogens with zero attached hydrogens (tertiary/aromatic N) is 2. The van der Waals surface area contributed by atoms with Gasteiger partial charge < -0.3 is 19.9 Å². The number of ether oxygens (including phenoxy) is 1. The van der Waals surface area contributed by atoms with Crippen molar-refractivity contribution < 1.29 is 13.9 Å². The Morgan fingerprint density at radius 2 is 1.93 bits per heavy atom. The molecule has 2 aromatic rings. The van der Waals surface area contributed by atoms with Gasteiger partial charge in [-0.2, -0.15) is 0 Å². The van der Waals surface area contributed by atoms with E-state index in [9.17, 15) is 9.18 Å². The summed E-state index contributed by atoms with van der Waals surface area (Å²) in [6, 6.07) is 11.8. The van der Waals surface area contributed by atoms with Crippen LogP contribution < -0.4 is 15.0 Å². The van der Waals surface area contributed by atoms with E-state index >= 15 is 0 Å². The normalized spacial score (nSPS) is 15.2. The molecule has 0 spiro atoms. The summed E-state index contributed by atoms with van der Waals surface area (Å²) in [6.45, 7) is 4.27. The maximum Gasteiger partial charge on any atom is 0.225 e. The van der Waals surface area contributed by atoms with Crippen LogP contribution in [0, 0.1) is 5.82 Å². The average molecular weight is 406 g/mol. The van der Waals surface area contributed by atoms with E-state index in [1.807, 2.05) is 12.1 Å². The molecule has 1 aliphatic heterocycles. The molecule has 1 fully saturated rings. The third-order valence-corrected chi connectivity index (χ3v) is 5.11. The first-order valence-electron chi connectivity index (χ1n) is 9.41. The van der Waals surface area contributed by atoms with Gasteiger partial charge in [-0.3, -0.25) is 4.79 Å². The third kappa shape index (κ3) is 5.59. The van der Waals surface area contributed by atoms with Crippen molar-refractivity contribution in [3.8, 4) is 5.75 Å². The quantitative estimate of drug-likeness (QED) is 0.788. The van der Waals surface area contributed by atoms with Crippen molar-refractivity contribution in [3.05, 3.63) is 53.3 Å². The van der Waals surface area contributed by atoms with Gasteiger partial charge in [0.1, 0.15) is 11.6 Å². The minimum atomic E-state index is -0.220. The van der Waals surface area contributed by atoms with Crippen LogP contribution in [0.5, 0.6) is 5.75 Å². The van der Waals surface area contributed by atoms with Gasteiger partial charge in [-0.25, -0.2) is 4.39 Å². The maximum absolute atomic E-state index is 13.1. The second-order valence-corrected chi connectivity index (χ2v) is 7.24. The van der Waals surface area contributed by atoms with Crippen LogP contribution in [0.15, 0.2) is 42.5 Å². The monoisotopic (exact) mass is 405 g/mol. The molecular weight excluding hydrogens is 381 g/mol. The molecular formula is C21H25ClFN3O2. The van der Waals surface area contributed by atoms with Gasteiger partial charge in [0.2, 0.25) is 5.91 Å². The van der Waals surface area contributed by atoms with E-state index in [0.717, 1.165) is 38.3 Å². The fraction of sp³-hybridized carbons (Fsp3) is 0.381. The SMILES string of the molecule is COc1ccc(Cl)cc1NC(=O)CCN1CCCN(c2ccc(F)cc2)CC1. The predicted molar refractivity (Wildman–Crippen MR) is 111 cm³/mol. The van der Waals surface area contributed by atoms with Crippen LogP contribution in [0.3, 0.4) is 0 Å². The van der Waals surface area contributed by atoms with E-state index in [1.54, 1.807) is 25.3 Å². The Morgan fingerprint density at radius 1 is 1.14 bits per heavy atom. The Bertz CT molecular complexity index is 801. The highest BCUT2D eigenvalue weighted by Gasteiger charge is 2.16. The topological polar surface area (TPSA) is 44.8 Å². The second-order valence-electron chi connectivity index (χ2n) is 6.80. The summed E-state index contributed by atoms with van der Waals surface area (Å²) in [7, 11) is 1.56. The van der Waals surface area contributed by atoms with Gasteiger partial charge in [-0.15, -0.1) is 0 Å². The molecule has 2 aromatic carbocycles. The zero-order chi connectivity index (χ0) is 19.9. The van der Waals surface area contributed by atoms with Gasteiger partial charge in [0.25, 0.3) is 0 Å². The Hall–Kier alpha value is -2.31. The number of carbonyl (C=O) groups excluding carboxylic acids is 1. The fourth-order valence-electron chi connectivity index (χ4n) is 3.35. The number of carbonyl (C=O) groups is 1. The van der Waals surface area contributed by atoms with Crippen LogP contribution in [0.1, 0.15) is 12.8 Å². The van der Waals surface area contributed by atoms with E-state index < -0.39 is 0 Å². The molecule has 0 saturated carbocycles. The molecule has 1 saturated heterocycles. The zero-order valence-electron chi connectivity index (χ0n) is 16.0. The van der Waals surface area contributed by atoms with Crippen molar-refractivity contribution in [1.82, 2.24) is 4.90 Å². The Balaban J connectivity index is 1.49. The van der Waals surface area contributed by atoms with Crippen LogP contribution in [-0.4, -0.2) is 50.6 Å². The summed E-state index contributed by atoms with van der Waals surface area (Å²) in [6.07, 6.45) is 1.40. The minimum Gasteiger partial charge on any atom is -0.495 e. The zero-order valence-corrected chi connectivity index (χ0v) is 16.7. The molecule has 28 heavy (non-hydrogen) atoms. The van der Waals surface area contributed by atoms with Crippen molar-refractivity contribution >= 4 is 28.9 Å². The van der Waals surface area contributed by atoms with E-state index in [4.69, 9.17) is 16.3 Å². The van der Waals surface area contributed by atoms with Crippen molar-refractivity contribution in [2.75, 3.05) is 50.1 Å². The van der Waals surface area contributed by atoms with Crippen molar-refractivity contribution in [1.29, 1.82) is 0 Å². The number of methoxy groups -OCH3 is 1. The van der Waals surface area contributed by atoms with Gasteiger partial charge in [-0.1, -0.05) is 11.6 Å². The Morgan fingerprint density at radius 3 is 2.68 bits per heavy atom. The summed E-state index contributed by atoms with van der Waals surface area (Å²) < 4.78 is 18.4. The Kier molecular flexibility index (Phi) is 7.12. The molecule has 150 valence electrons. The third-order valence-electron chi connectivity index (χ3n) is 4.87. The van der Waals surface area contributed by atoms with E-state index in [2.05, 4.69) is 15.1 Å². The number of rotatable bonds is 6. The van der Waals surface area contributed by atoms with Gasteiger partial charge in [-0.05, 0) is 55.4 Å². The number of hydrogen-bond acceptors (Lipinski definition) is 4. The maximum atomic E-state index is 13.1. The van der Waals surface area contributed by atoms with Crippen LogP contribution >= 0.6 is 11.6 Å². The summed E-state index contributed by atoms with van der Waals surface area (Å²) in [4.78, 5) is 16.9. The molecule has 1 N–H and O–H groups in total. The first-order chi connectivity index (χ1) is 13.5. The molecule has 0 bridgehead atoms. The molecule has 0 unspecified atom stereocenters. The van der Waals surface area contributed by atoms with E-state index in [1.165, 1.54) is 12.1 Å². The molecule has 0 aromatic heterocycles. The number of hydrogen-bond donors (Lipinski definition) is 1. The lowest BCUT2D eigenvalue weighted by molar-refractivity contribution is -0.116. The fourth-order valence-corrected chi connectivity index (χ4v) is 3.53. The molecule has 5 nitrogen and oxygen atoms in total. The van der Waals surface area contributed by atoms with E-state index in [0.29, 0.717) is 29.4 Å². The molecule has 0 aliphatic carbocycles. The molecule has 1 amide bonds. The van der Waals surface area contributed by atoms with Crippen molar-refractivity contribution in [3.63, 3.8) is 0 Å². The van der Waals surface area contributed by atoms with Crippen LogP contribution in [0.4, 0.5) is 15.8 Å². The van der Waals surface area contributed by atoms with E-state index in [-0.39, 0.29) is 11.7 Å². The highest BCUT2D eigenvalue weighted by atomic mass is 35.5. The first kappa shape index (κ1) is 20.4. The lowest BCUT2D eigenvalue weighted by Crippen LogP contribution is -2.32. The summed E-state index contributed by atoms with van der Waals surface area (Å²) in [5.41, 5.74) is 1.62. The molecule has 3 rings (SSSR count). The second kappa shape index (κ2) is 9.75. The van der Waals surface area contributed by atoms with Gasteiger partial charge >= 0.3 is 0 Å². The lowest BCUT2D eigenvalue weighted by Gasteiger charge is -2.23. The van der Waals surface area contributed by atoms with Gasteiger partial charge in [0, 0.05) is 43.3 Å². The van der Waals surface area contributed by atoms with Crippen LogP contribution in [0.25, 0.3) is 0 Å². The van der Waals surface area contributed by atoms with Crippen molar-refractivity contribution in [2.45, 2.75) is 12.8 Å². The predicted octanol–water partition coefficient (Wildman–Crippen LogP) is 4.03. The summed E-state index contributed by atoms with van der Waals surface area (Å²) >= 11 is 6.01. The average Bonchev–Trinajstić information content (AvgIpc) is 2.93. The standard InChI is InChI=1S/C21H25ClFN3O2/c1-28-20-8-3-16(22)15-19(20)24-21(27)9-12-25-10-2-11-26(14-13-25)18-6-4-17(23)5-7-18/h3-8,15H,2,9-14H2,1H3,(H,24,27). The largest absolute Gasteiger partial charge is 0.495 e. The summed E-state index contributed by atoms with van der Waals surface area (Å²) in [5.74, 6) is 0.296. The number of anilines is 2. The molecule has 0 radical (unpaired) electrons. The highest BCUT2D eigenvalue weighted by molar-refractivity contribution is 6.31. The number of halogens is 2. The molecule has 7 heteroatoms. The van der Waals surface area contributed by atoms with Crippen LogP contribution in [0.2, 0.25) is 5.02 Å². The highest BCUT2D eigenvalue weighted by Crippen LogP contribution is 2.27. The lowest BCUT2D eigenvalue weighted by atomic mass is 10.2.